The summed E-state index contributed by atoms with van der Waals surface area (Å²) in [4.78, 5) is 23.7. The largest absolute Gasteiger partial charge is 0.496 e. The fraction of sp³-hybridized carbons (Fsp3) is 0.150. The van der Waals surface area contributed by atoms with E-state index in [0.717, 1.165) is 11.3 Å². The summed E-state index contributed by atoms with van der Waals surface area (Å²) in [5, 5.41) is 22.9. The summed E-state index contributed by atoms with van der Waals surface area (Å²) in [6.45, 7) is 0.0723. The summed E-state index contributed by atoms with van der Waals surface area (Å²) in [7, 11) is 1.47. The summed E-state index contributed by atoms with van der Waals surface area (Å²) < 4.78 is 21.5. The number of aromatic nitrogens is 1. The van der Waals surface area contributed by atoms with Gasteiger partial charge in [0.05, 0.1) is 28.1 Å². The highest BCUT2D eigenvalue weighted by molar-refractivity contribution is 7.19. The van der Waals surface area contributed by atoms with E-state index in [-0.39, 0.29) is 39.3 Å². The molecule has 3 aromatic rings. The minimum Gasteiger partial charge on any atom is -0.496 e. The molecule has 1 aromatic carbocycles. The zero-order chi connectivity index (χ0) is 22.1. The molecule has 0 amide bonds. The van der Waals surface area contributed by atoms with Crippen molar-refractivity contribution in [2.24, 2.45) is 0 Å². The molecule has 0 unspecified atom stereocenters. The van der Waals surface area contributed by atoms with Gasteiger partial charge in [0.1, 0.15) is 5.75 Å². The van der Waals surface area contributed by atoms with E-state index in [1.807, 2.05) is 0 Å². The number of carboxylic acid groups (broad SMARTS) is 2. The predicted molar refractivity (Wildman–Crippen MR) is 110 cm³/mol. The number of rotatable bonds is 7. The fourth-order valence-corrected chi connectivity index (χ4v) is 4.30. The van der Waals surface area contributed by atoms with E-state index in [2.05, 4.69) is 5.16 Å². The Balaban J connectivity index is 1.74. The van der Waals surface area contributed by atoms with Gasteiger partial charge in [0.2, 0.25) is 6.79 Å². The highest BCUT2D eigenvalue weighted by Crippen LogP contribution is 2.40. The second-order valence-corrected chi connectivity index (χ2v) is 8.06. The van der Waals surface area contributed by atoms with Crippen LogP contribution in [0.15, 0.2) is 34.5 Å². The average Bonchev–Trinajstić information content (AvgIpc) is 3.45. The zero-order valence-corrected chi connectivity index (χ0v) is 17.5. The van der Waals surface area contributed by atoms with Crippen LogP contribution in [-0.4, -0.2) is 41.2 Å². The molecule has 0 radical (unpaired) electrons. The first-order valence-electron chi connectivity index (χ1n) is 8.75. The molecule has 2 N–H and O–H groups in total. The Kier molecular flexibility index (Phi) is 5.57. The number of carbonyl (C=O) groups is 2. The van der Waals surface area contributed by atoms with Gasteiger partial charge in [0.25, 0.3) is 0 Å². The van der Waals surface area contributed by atoms with Crippen LogP contribution in [0, 0.1) is 0 Å². The molecule has 0 fully saturated rings. The molecule has 4 rings (SSSR count). The molecule has 1 aliphatic heterocycles. The molecule has 2 aromatic heterocycles. The first-order valence-corrected chi connectivity index (χ1v) is 9.95. The van der Waals surface area contributed by atoms with Crippen LogP contribution in [0.2, 0.25) is 4.34 Å². The zero-order valence-electron chi connectivity index (χ0n) is 15.9. The van der Waals surface area contributed by atoms with E-state index >= 15 is 0 Å². The molecular formula is C20H14ClNO8S. The number of aromatic carboxylic acids is 1. The molecule has 9 nitrogen and oxygen atoms in total. The Morgan fingerprint density at radius 1 is 1.26 bits per heavy atom. The Hall–Kier alpha value is -3.50. The standard InChI is InChI=1S/C20H14ClNO8S/c1-27-13-6-15-14(28-8-29-15)4-9(13)2-10(19(23)24)3-11-7-22-30-17(11)18-12(20(25)26)5-16(21)31-18/h3-7H,2,8H2,1H3,(H,23,24)(H,25,26)/b10-3+. The van der Waals surface area contributed by atoms with E-state index in [1.54, 1.807) is 12.1 Å². The van der Waals surface area contributed by atoms with E-state index in [4.69, 9.17) is 30.3 Å². The summed E-state index contributed by atoms with van der Waals surface area (Å²) in [6.07, 6.45) is 2.68. The number of hydrogen-bond acceptors (Lipinski definition) is 8. The Labute approximate surface area is 184 Å². The van der Waals surface area contributed by atoms with Crippen molar-refractivity contribution in [3.05, 3.63) is 51.0 Å². The number of methoxy groups -OCH3 is 1. The van der Waals surface area contributed by atoms with Gasteiger partial charge in [-0.2, -0.15) is 0 Å². The number of ether oxygens (including phenoxy) is 3. The molecule has 0 bridgehead atoms. The van der Waals surface area contributed by atoms with Gasteiger partial charge in [-0.3, -0.25) is 0 Å². The molecule has 160 valence electrons. The van der Waals surface area contributed by atoms with Crippen molar-refractivity contribution in [3.63, 3.8) is 0 Å². The summed E-state index contributed by atoms with van der Waals surface area (Å²) in [5.41, 5.74) is 0.818. The van der Waals surface area contributed by atoms with Crippen molar-refractivity contribution in [1.82, 2.24) is 5.16 Å². The fourth-order valence-electron chi connectivity index (χ4n) is 3.09. The number of thiophene rings is 1. The predicted octanol–water partition coefficient (Wildman–Crippen LogP) is 4.20. The monoisotopic (exact) mass is 463 g/mol. The third-order valence-corrected chi connectivity index (χ3v) is 5.76. The molecule has 0 saturated carbocycles. The van der Waals surface area contributed by atoms with Crippen molar-refractivity contribution in [3.8, 4) is 27.9 Å². The van der Waals surface area contributed by atoms with Crippen LogP contribution in [0.25, 0.3) is 16.7 Å². The van der Waals surface area contributed by atoms with E-state index in [0.29, 0.717) is 28.4 Å². The Bertz CT molecular complexity index is 1210. The van der Waals surface area contributed by atoms with Gasteiger partial charge in [-0.25, -0.2) is 9.59 Å². The lowest BCUT2D eigenvalue weighted by Crippen LogP contribution is -2.05. The van der Waals surface area contributed by atoms with Crippen molar-refractivity contribution in [2.75, 3.05) is 13.9 Å². The molecular weight excluding hydrogens is 450 g/mol. The first-order chi connectivity index (χ1) is 14.9. The van der Waals surface area contributed by atoms with E-state index in [9.17, 15) is 19.8 Å². The molecule has 0 spiro atoms. The van der Waals surface area contributed by atoms with Crippen LogP contribution in [0.1, 0.15) is 21.5 Å². The molecule has 0 aliphatic carbocycles. The van der Waals surface area contributed by atoms with Crippen molar-refractivity contribution < 1.29 is 38.5 Å². The summed E-state index contributed by atoms with van der Waals surface area (Å²) in [6, 6.07) is 4.60. The number of hydrogen-bond donors (Lipinski definition) is 2. The molecule has 3 heterocycles. The molecule has 1 aliphatic rings. The SMILES string of the molecule is COc1cc2c(cc1C/C(=C\c1cnoc1-c1sc(Cl)cc1C(=O)O)C(=O)O)OCO2. The van der Waals surface area contributed by atoms with E-state index in [1.165, 1.54) is 25.4 Å². The normalized spacial score (nSPS) is 12.8. The lowest BCUT2D eigenvalue weighted by Gasteiger charge is -2.10. The average molecular weight is 464 g/mol. The number of fused-ring (bicyclic) bond motifs is 1. The van der Waals surface area contributed by atoms with Gasteiger partial charge in [-0.05, 0) is 18.2 Å². The number of benzene rings is 1. The smallest absolute Gasteiger partial charge is 0.337 e. The van der Waals surface area contributed by atoms with Crippen LogP contribution in [0.4, 0.5) is 0 Å². The van der Waals surface area contributed by atoms with Gasteiger partial charge >= 0.3 is 11.9 Å². The quantitative estimate of drug-likeness (QED) is 0.495. The molecule has 0 atom stereocenters. The van der Waals surface area contributed by atoms with Crippen molar-refractivity contribution in [2.45, 2.75) is 6.42 Å². The van der Waals surface area contributed by atoms with Gasteiger partial charge in [-0.1, -0.05) is 16.8 Å². The number of halogens is 1. The number of aliphatic carboxylic acids is 1. The maximum absolute atomic E-state index is 12.0. The lowest BCUT2D eigenvalue weighted by atomic mass is 10.0. The van der Waals surface area contributed by atoms with Gasteiger partial charge in [0.15, 0.2) is 17.3 Å². The van der Waals surface area contributed by atoms with Crippen LogP contribution in [0.5, 0.6) is 17.2 Å². The number of nitrogens with zero attached hydrogens (tertiary/aromatic N) is 1. The van der Waals surface area contributed by atoms with Crippen molar-refractivity contribution in [1.29, 1.82) is 0 Å². The maximum Gasteiger partial charge on any atom is 0.337 e. The van der Waals surface area contributed by atoms with Crippen LogP contribution < -0.4 is 14.2 Å². The second-order valence-electron chi connectivity index (χ2n) is 6.38. The third kappa shape index (κ3) is 4.07. The second kappa shape index (κ2) is 8.32. The highest BCUT2D eigenvalue weighted by Gasteiger charge is 2.24. The molecule has 0 saturated heterocycles. The summed E-state index contributed by atoms with van der Waals surface area (Å²) in [5.74, 6) is -0.794. The minimum absolute atomic E-state index is 0.00106. The first kappa shape index (κ1) is 20.8. The highest BCUT2D eigenvalue weighted by atomic mass is 35.5. The van der Waals surface area contributed by atoms with Gasteiger partial charge in [-0.15, -0.1) is 11.3 Å². The van der Waals surface area contributed by atoms with Crippen molar-refractivity contribution >= 4 is 41.0 Å². The molecule has 11 heteroatoms. The topological polar surface area (TPSA) is 128 Å². The number of carboxylic acids is 2. The third-order valence-electron chi connectivity index (χ3n) is 4.50. The maximum atomic E-state index is 12.0. The Morgan fingerprint density at radius 3 is 2.68 bits per heavy atom. The van der Waals surface area contributed by atoms with Crippen LogP contribution in [-0.2, 0) is 11.2 Å². The minimum atomic E-state index is -1.19. The molecule has 31 heavy (non-hydrogen) atoms. The van der Waals surface area contributed by atoms with Crippen LogP contribution >= 0.6 is 22.9 Å². The summed E-state index contributed by atoms with van der Waals surface area (Å²) >= 11 is 6.97. The van der Waals surface area contributed by atoms with Gasteiger partial charge in [0, 0.05) is 29.2 Å². The van der Waals surface area contributed by atoms with Gasteiger partial charge < -0.3 is 28.9 Å². The lowest BCUT2D eigenvalue weighted by molar-refractivity contribution is -0.132. The Morgan fingerprint density at radius 2 is 2.00 bits per heavy atom. The van der Waals surface area contributed by atoms with Crippen LogP contribution in [0.3, 0.4) is 0 Å². The van der Waals surface area contributed by atoms with E-state index < -0.39 is 11.9 Å².